The molecule has 3 heteroatoms. The van der Waals surface area contributed by atoms with Gasteiger partial charge in [0.05, 0.1) is 11.6 Å². The van der Waals surface area contributed by atoms with Gasteiger partial charge in [0.25, 0.3) is 0 Å². The van der Waals surface area contributed by atoms with Crippen LogP contribution in [-0.2, 0) is 6.61 Å². The highest BCUT2D eigenvalue weighted by atomic mass is 79.9. The van der Waals surface area contributed by atoms with Crippen LogP contribution in [-0.4, -0.2) is 7.11 Å². The fraction of sp³-hybridized carbons (Fsp3) is 0.143. The molecular formula is C14H13BrO2. The Balaban J connectivity index is 2.14. The minimum absolute atomic E-state index is 0.528. The van der Waals surface area contributed by atoms with Crippen LogP contribution in [0.1, 0.15) is 5.56 Å². The summed E-state index contributed by atoms with van der Waals surface area (Å²) >= 11 is 3.46. The number of ether oxygens (including phenoxy) is 2. The fourth-order valence-corrected chi connectivity index (χ4v) is 1.98. The molecule has 2 aromatic rings. The third kappa shape index (κ3) is 3.01. The second-order valence-corrected chi connectivity index (χ2v) is 4.40. The number of benzene rings is 2. The Labute approximate surface area is 109 Å². The number of halogens is 1. The molecule has 0 aliphatic heterocycles. The predicted octanol–water partition coefficient (Wildman–Crippen LogP) is 4.04. The molecule has 0 fully saturated rings. The molecule has 0 aliphatic carbocycles. The lowest BCUT2D eigenvalue weighted by molar-refractivity contribution is 0.282. The summed E-state index contributed by atoms with van der Waals surface area (Å²) in [4.78, 5) is 0. The molecule has 17 heavy (non-hydrogen) atoms. The molecule has 0 amide bonds. The lowest BCUT2D eigenvalue weighted by Gasteiger charge is -2.12. The molecule has 0 saturated heterocycles. The SMILES string of the molecule is COc1cccc(Br)c1OCc1ccccc1. The summed E-state index contributed by atoms with van der Waals surface area (Å²) in [6.45, 7) is 0.528. The summed E-state index contributed by atoms with van der Waals surface area (Å²) in [6, 6.07) is 15.8. The van der Waals surface area contributed by atoms with Gasteiger partial charge in [0, 0.05) is 0 Å². The minimum Gasteiger partial charge on any atom is -0.493 e. The van der Waals surface area contributed by atoms with Crippen molar-refractivity contribution < 1.29 is 9.47 Å². The van der Waals surface area contributed by atoms with Crippen LogP contribution < -0.4 is 9.47 Å². The van der Waals surface area contributed by atoms with Gasteiger partial charge < -0.3 is 9.47 Å². The van der Waals surface area contributed by atoms with E-state index in [4.69, 9.17) is 9.47 Å². The van der Waals surface area contributed by atoms with Gasteiger partial charge in [-0.25, -0.2) is 0 Å². The van der Waals surface area contributed by atoms with Gasteiger partial charge in [-0.3, -0.25) is 0 Å². The number of methoxy groups -OCH3 is 1. The smallest absolute Gasteiger partial charge is 0.175 e. The zero-order valence-corrected chi connectivity index (χ0v) is 11.1. The summed E-state index contributed by atoms with van der Waals surface area (Å²) in [5, 5.41) is 0. The monoisotopic (exact) mass is 292 g/mol. The minimum atomic E-state index is 0.528. The van der Waals surface area contributed by atoms with E-state index in [2.05, 4.69) is 15.9 Å². The topological polar surface area (TPSA) is 18.5 Å². The molecule has 0 N–H and O–H groups in total. The van der Waals surface area contributed by atoms with Crippen LogP contribution >= 0.6 is 15.9 Å². The van der Waals surface area contributed by atoms with Gasteiger partial charge in [0.2, 0.25) is 0 Å². The molecule has 0 heterocycles. The van der Waals surface area contributed by atoms with Gasteiger partial charge in [-0.1, -0.05) is 36.4 Å². The van der Waals surface area contributed by atoms with Crippen molar-refractivity contribution in [1.29, 1.82) is 0 Å². The molecule has 0 bridgehead atoms. The first-order valence-corrected chi connectivity index (χ1v) is 6.10. The van der Waals surface area contributed by atoms with Crippen molar-refractivity contribution in [2.75, 3.05) is 7.11 Å². The van der Waals surface area contributed by atoms with Crippen LogP contribution in [0.5, 0.6) is 11.5 Å². The van der Waals surface area contributed by atoms with Gasteiger partial charge in [-0.15, -0.1) is 0 Å². The molecule has 0 saturated carbocycles. The third-order valence-electron chi connectivity index (χ3n) is 2.38. The van der Waals surface area contributed by atoms with Crippen molar-refractivity contribution in [3.05, 3.63) is 58.6 Å². The summed E-state index contributed by atoms with van der Waals surface area (Å²) in [5.41, 5.74) is 1.13. The highest BCUT2D eigenvalue weighted by molar-refractivity contribution is 9.10. The maximum atomic E-state index is 5.77. The van der Waals surface area contributed by atoms with Crippen molar-refractivity contribution in [1.82, 2.24) is 0 Å². The Bertz CT molecular complexity index is 483. The van der Waals surface area contributed by atoms with Gasteiger partial charge in [0.1, 0.15) is 6.61 Å². The van der Waals surface area contributed by atoms with Crippen molar-refractivity contribution in [3.8, 4) is 11.5 Å². The summed E-state index contributed by atoms with van der Waals surface area (Å²) in [6.07, 6.45) is 0. The van der Waals surface area contributed by atoms with E-state index in [1.165, 1.54) is 0 Å². The first kappa shape index (κ1) is 12.0. The van der Waals surface area contributed by atoms with E-state index in [0.29, 0.717) is 6.61 Å². The summed E-state index contributed by atoms with van der Waals surface area (Å²) in [5.74, 6) is 1.47. The molecule has 0 spiro atoms. The van der Waals surface area contributed by atoms with Gasteiger partial charge in [0.15, 0.2) is 11.5 Å². The standard InChI is InChI=1S/C14H13BrO2/c1-16-13-9-5-8-12(15)14(13)17-10-11-6-3-2-4-7-11/h2-9H,10H2,1H3. The highest BCUT2D eigenvalue weighted by Crippen LogP contribution is 2.35. The van der Waals surface area contributed by atoms with Crippen LogP contribution in [0, 0.1) is 0 Å². The van der Waals surface area contributed by atoms with E-state index < -0.39 is 0 Å². The molecule has 0 radical (unpaired) electrons. The van der Waals surface area contributed by atoms with Crippen LogP contribution in [0.3, 0.4) is 0 Å². The quantitative estimate of drug-likeness (QED) is 0.847. The normalized spacial score (nSPS) is 10.0. The Kier molecular flexibility index (Phi) is 4.04. The van der Waals surface area contributed by atoms with Crippen molar-refractivity contribution in [2.24, 2.45) is 0 Å². The molecular weight excluding hydrogens is 280 g/mol. The second kappa shape index (κ2) is 5.73. The third-order valence-corrected chi connectivity index (χ3v) is 3.00. The lowest BCUT2D eigenvalue weighted by atomic mass is 10.2. The average molecular weight is 293 g/mol. The Morgan fingerprint density at radius 3 is 2.47 bits per heavy atom. The van der Waals surface area contributed by atoms with Crippen LogP contribution in [0.15, 0.2) is 53.0 Å². The lowest BCUT2D eigenvalue weighted by Crippen LogP contribution is -1.98. The number of rotatable bonds is 4. The van der Waals surface area contributed by atoms with Crippen LogP contribution in [0.4, 0.5) is 0 Å². The molecule has 0 atom stereocenters. The van der Waals surface area contributed by atoms with Gasteiger partial charge in [-0.2, -0.15) is 0 Å². The highest BCUT2D eigenvalue weighted by Gasteiger charge is 2.08. The largest absolute Gasteiger partial charge is 0.493 e. The average Bonchev–Trinajstić information content (AvgIpc) is 2.38. The second-order valence-electron chi connectivity index (χ2n) is 3.55. The fourth-order valence-electron chi connectivity index (χ4n) is 1.52. The Morgan fingerprint density at radius 1 is 1.00 bits per heavy atom. The first-order valence-electron chi connectivity index (χ1n) is 5.30. The summed E-state index contributed by atoms with van der Waals surface area (Å²) < 4.78 is 11.9. The van der Waals surface area contributed by atoms with E-state index in [1.807, 2.05) is 48.5 Å². The summed E-state index contributed by atoms with van der Waals surface area (Å²) in [7, 11) is 1.64. The van der Waals surface area contributed by atoms with Gasteiger partial charge >= 0.3 is 0 Å². The van der Waals surface area contributed by atoms with E-state index in [0.717, 1.165) is 21.5 Å². The zero-order valence-electron chi connectivity index (χ0n) is 9.52. The van der Waals surface area contributed by atoms with Crippen molar-refractivity contribution in [2.45, 2.75) is 6.61 Å². The van der Waals surface area contributed by atoms with Crippen molar-refractivity contribution in [3.63, 3.8) is 0 Å². The predicted molar refractivity (Wildman–Crippen MR) is 71.5 cm³/mol. The van der Waals surface area contributed by atoms with Crippen molar-refractivity contribution >= 4 is 15.9 Å². The molecule has 2 nitrogen and oxygen atoms in total. The first-order chi connectivity index (χ1) is 8.31. The maximum Gasteiger partial charge on any atom is 0.175 e. The Morgan fingerprint density at radius 2 is 1.76 bits per heavy atom. The molecule has 0 unspecified atom stereocenters. The van der Waals surface area contributed by atoms with Gasteiger partial charge in [-0.05, 0) is 33.6 Å². The zero-order chi connectivity index (χ0) is 12.1. The van der Waals surface area contributed by atoms with E-state index >= 15 is 0 Å². The Hall–Kier alpha value is -1.48. The maximum absolute atomic E-state index is 5.77. The van der Waals surface area contributed by atoms with E-state index in [1.54, 1.807) is 7.11 Å². The van der Waals surface area contributed by atoms with E-state index in [9.17, 15) is 0 Å². The molecule has 0 aromatic heterocycles. The molecule has 88 valence electrons. The number of hydrogen-bond donors (Lipinski definition) is 0. The van der Waals surface area contributed by atoms with E-state index in [-0.39, 0.29) is 0 Å². The molecule has 2 aromatic carbocycles. The van der Waals surface area contributed by atoms with Crippen LogP contribution in [0.2, 0.25) is 0 Å². The molecule has 2 rings (SSSR count). The number of hydrogen-bond acceptors (Lipinski definition) is 2. The number of para-hydroxylation sites is 1. The molecule has 0 aliphatic rings. The van der Waals surface area contributed by atoms with Crippen LogP contribution in [0.25, 0.3) is 0 Å².